The summed E-state index contributed by atoms with van der Waals surface area (Å²) in [5, 5.41) is 4.07. The van der Waals surface area contributed by atoms with Crippen molar-refractivity contribution in [2.75, 3.05) is 20.3 Å². The molecular weight excluding hydrogens is 474 g/mol. The van der Waals surface area contributed by atoms with Gasteiger partial charge in [-0.3, -0.25) is 9.69 Å². The summed E-state index contributed by atoms with van der Waals surface area (Å²) in [6.45, 7) is 5.52. The summed E-state index contributed by atoms with van der Waals surface area (Å²) in [6, 6.07) is 15.6. The van der Waals surface area contributed by atoms with E-state index in [2.05, 4.69) is 39.9 Å². The van der Waals surface area contributed by atoms with Gasteiger partial charge in [-0.2, -0.15) is 0 Å². The number of aromatic nitrogens is 1. The number of nitrogens with one attached hydrogen (secondary N) is 1. The van der Waals surface area contributed by atoms with Crippen molar-refractivity contribution in [1.82, 2.24) is 14.8 Å². The molecule has 3 aromatic rings. The highest BCUT2D eigenvalue weighted by molar-refractivity contribution is 6.08. The van der Waals surface area contributed by atoms with Crippen molar-refractivity contribution in [2.24, 2.45) is 5.92 Å². The second-order valence-electron chi connectivity index (χ2n) is 11.6. The lowest BCUT2D eigenvalue weighted by atomic mass is 9.99. The van der Waals surface area contributed by atoms with Crippen LogP contribution in [0.25, 0.3) is 10.9 Å². The minimum absolute atomic E-state index is 0.0465. The van der Waals surface area contributed by atoms with Crippen molar-refractivity contribution in [3.8, 4) is 5.75 Å². The first-order chi connectivity index (χ1) is 18.6. The fourth-order valence-electron chi connectivity index (χ4n) is 6.65. The number of para-hydroxylation sites is 1. The lowest BCUT2D eigenvalue weighted by molar-refractivity contribution is -0.0241. The number of hydrogen-bond donors (Lipinski definition) is 1. The summed E-state index contributed by atoms with van der Waals surface area (Å²) in [5.41, 5.74) is 4.02. The van der Waals surface area contributed by atoms with Crippen molar-refractivity contribution < 1.29 is 14.3 Å². The molecule has 2 saturated heterocycles. The van der Waals surface area contributed by atoms with Gasteiger partial charge in [0.05, 0.1) is 24.3 Å². The van der Waals surface area contributed by atoms with Crippen LogP contribution in [-0.2, 0) is 17.8 Å². The Labute approximate surface area is 226 Å². The zero-order valence-corrected chi connectivity index (χ0v) is 22.8. The number of carbonyl (C=O) groups excluding carboxylic acids is 1. The molecule has 38 heavy (non-hydrogen) atoms. The van der Waals surface area contributed by atoms with Gasteiger partial charge in [-0.05, 0) is 69.4 Å². The molecule has 2 atom stereocenters. The smallest absolute Gasteiger partial charge is 0.253 e. The third-order valence-electron chi connectivity index (χ3n) is 8.78. The standard InChI is InChI=1S/C32H41N3O3/c1-22-6-3-7-24(16-22)19-33-32(36)29-20-34(31-28(29)8-4-9-30(31)37-2)14-5-15-35-25-12-13-26(35)18-27(17-25)38-21-23-10-11-23/h3-4,6-9,16,20,23,25-27H,5,10-15,17-19,21H2,1-2H3,(H,33,36). The molecule has 3 aliphatic rings. The third-order valence-corrected chi connectivity index (χ3v) is 8.78. The fraction of sp³-hybridized carbons (Fsp3) is 0.531. The zero-order chi connectivity index (χ0) is 26.1. The number of methoxy groups -OCH3 is 1. The topological polar surface area (TPSA) is 55.7 Å². The van der Waals surface area contributed by atoms with Crippen molar-refractivity contribution in [3.05, 3.63) is 65.4 Å². The van der Waals surface area contributed by atoms with Crippen molar-refractivity contribution >= 4 is 16.8 Å². The van der Waals surface area contributed by atoms with E-state index in [0.717, 1.165) is 54.3 Å². The van der Waals surface area contributed by atoms with Crippen molar-refractivity contribution in [3.63, 3.8) is 0 Å². The first-order valence-electron chi connectivity index (χ1n) is 14.5. The minimum Gasteiger partial charge on any atom is -0.495 e. The van der Waals surface area contributed by atoms with E-state index in [9.17, 15) is 4.79 Å². The second kappa shape index (κ2) is 11.1. The first kappa shape index (κ1) is 25.4. The van der Waals surface area contributed by atoms with Gasteiger partial charge in [-0.25, -0.2) is 0 Å². The number of rotatable bonds is 11. The summed E-state index contributed by atoms with van der Waals surface area (Å²) in [7, 11) is 1.71. The summed E-state index contributed by atoms with van der Waals surface area (Å²) in [6.07, 6.45) is 11.2. The van der Waals surface area contributed by atoms with E-state index in [1.54, 1.807) is 7.11 Å². The molecule has 0 spiro atoms. The molecule has 1 N–H and O–H groups in total. The predicted molar refractivity (Wildman–Crippen MR) is 151 cm³/mol. The molecule has 2 unspecified atom stereocenters. The summed E-state index contributed by atoms with van der Waals surface area (Å²) < 4.78 is 14.2. The van der Waals surface area contributed by atoms with E-state index in [4.69, 9.17) is 9.47 Å². The van der Waals surface area contributed by atoms with Gasteiger partial charge in [-0.1, -0.05) is 42.0 Å². The number of carbonyl (C=O) groups is 1. The SMILES string of the molecule is COc1cccc2c(C(=O)NCc3cccc(C)c3)cn(CCCN3C4CCC3CC(OCC3CC3)C4)c12. The molecule has 3 fully saturated rings. The molecule has 6 rings (SSSR count). The molecule has 1 amide bonds. The van der Waals surface area contributed by atoms with Gasteiger partial charge >= 0.3 is 0 Å². The molecular formula is C32H41N3O3. The first-order valence-corrected chi connectivity index (χ1v) is 14.5. The van der Waals surface area contributed by atoms with Crippen LogP contribution in [0.3, 0.4) is 0 Å². The monoisotopic (exact) mass is 515 g/mol. The number of nitrogens with zero attached hydrogens (tertiary/aromatic N) is 2. The Morgan fingerprint density at radius 3 is 2.55 bits per heavy atom. The summed E-state index contributed by atoms with van der Waals surface area (Å²) >= 11 is 0. The molecule has 3 heterocycles. The summed E-state index contributed by atoms with van der Waals surface area (Å²) in [5.74, 6) is 1.61. The predicted octanol–water partition coefficient (Wildman–Crippen LogP) is 5.70. The Morgan fingerprint density at radius 2 is 1.82 bits per heavy atom. The molecule has 6 heteroatoms. The van der Waals surface area contributed by atoms with Gasteiger partial charge in [0.15, 0.2) is 0 Å². The largest absolute Gasteiger partial charge is 0.495 e. The van der Waals surface area contributed by atoms with Crippen LogP contribution in [0.5, 0.6) is 5.75 Å². The molecule has 0 radical (unpaired) electrons. The number of piperidine rings is 1. The molecule has 1 aromatic heterocycles. The Hall–Kier alpha value is -2.83. The normalized spacial score (nSPS) is 23.2. The lowest BCUT2D eigenvalue weighted by Crippen LogP contribution is -2.46. The van der Waals surface area contributed by atoms with Crippen LogP contribution in [0.15, 0.2) is 48.7 Å². The fourth-order valence-corrected chi connectivity index (χ4v) is 6.65. The highest BCUT2D eigenvalue weighted by Crippen LogP contribution is 2.38. The van der Waals surface area contributed by atoms with E-state index in [0.29, 0.717) is 30.3 Å². The number of benzene rings is 2. The van der Waals surface area contributed by atoms with Gasteiger partial charge in [0.25, 0.3) is 5.91 Å². The van der Waals surface area contributed by atoms with Crippen molar-refractivity contribution in [1.29, 1.82) is 0 Å². The average molecular weight is 516 g/mol. The van der Waals surface area contributed by atoms with Gasteiger partial charge < -0.3 is 19.4 Å². The highest BCUT2D eigenvalue weighted by atomic mass is 16.5. The van der Waals surface area contributed by atoms with Gasteiger partial charge in [0.1, 0.15) is 5.75 Å². The molecule has 202 valence electrons. The van der Waals surface area contributed by atoms with E-state index >= 15 is 0 Å². The van der Waals surface area contributed by atoms with Crippen LogP contribution >= 0.6 is 0 Å². The van der Waals surface area contributed by atoms with Crippen LogP contribution in [-0.4, -0.2) is 53.8 Å². The molecule has 2 bridgehead atoms. The lowest BCUT2D eigenvalue weighted by Gasteiger charge is -2.39. The number of hydrogen-bond acceptors (Lipinski definition) is 4. The van der Waals surface area contributed by atoms with E-state index in [-0.39, 0.29) is 5.91 Å². The third kappa shape index (κ3) is 5.48. The van der Waals surface area contributed by atoms with Crippen molar-refractivity contribution in [2.45, 2.75) is 83.1 Å². The van der Waals surface area contributed by atoms with E-state index in [1.807, 2.05) is 30.5 Å². The maximum atomic E-state index is 13.3. The van der Waals surface area contributed by atoms with Crippen LogP contribution in [0.1, 0.15) is 66.4 Å². The Bertz CT molecular complexity index is 1270. The second-order valence-corrected chi connectivity index (χ2v) is 11.6. The maximum absolute atomic E-state index is 13.3. The van der Waals surface area contributed by atoms with Crippen LogP contribution in [0.4, 0.5) is 0 Å². The van der Waals surface area contributed by atoms with Gasteiger partial charge in [0, 0.05) is 49.9 Å². The highest BCUT2D eigenvalue weighted by Gasteiger charge is 2.41. The number of aryl methyl sites for hydroxylation is 2. The van der Waals surface area contributed by atoms with Crippen LogP contribution in [0.2, 0.25) is 0 Å². The Kier molecular flexibility index (Phi) is 7.44. The molecule has 1 saturated carbocycles. The van der Waals surface area contributed by atoms with Crippen LogP contribution < -0.4 is 10.1 Å². The maximum Gasteiger partial charge on any atom is 0.253 e. The zero-order valence-electron chi connectivity index (χ0n) is 22.8. The van der Waals surface area contributed by atoms with Crippen LogP contribution in [0, 0.1) is 12.8 Å². The number of ether oxygens (including phenoxy) is 2. The molecule has 1 aliphatic carbocycles. The van der Waals surface area contributed by atoms with Gasteiger partial charge in [-0.15, -0.1) is 0 Å². The molecule has 2 aliphatic heterocycles. The molecule has 6 nitrogen and oxygen atoms in total. The Balaban J connectivity index is 1.11. The average Bonchev–Trinajstić information content (AvgIpc) is 3.64. The number of amides is 1. The quantitative estimate of drug-likeness (QED) is 0.356. The van der Waals surface area contributed by atoms with Gasteiger partial charge in [0.2, 0.25) is 0 Å². The summed E-state index contributed by atoms with van der Waals surface area (Å²) in [4.78, 5) is 16.0. The molecule has 2 aromatic carbocycles. The van der Waals surface area contributed by atoms with E-state index in [1.165, 1.54) is 44.1 Å². The number of fused-ring (bicyclic) bond motifs is 3. The minimum atomic E-state index is -0.0465. The Morgan fingerprint density at radius 1 is 1.03 bits per heavy atom. The van der Waals surface area contributed by atoms with E-state index < -0.39 is 0 Å².